The predicted octanol–water partition coefficient (Wildman–Crippen LogP) is 1.67. The number of hydrogen-bond acceptors (Lipinski definition) is 3. The van der Waals surface area contributed by atoms with Crippen LogP contribution in [-0.4, -0.2) is 48.3 Å². The Morgan fingerprint density at radius 3 is 3.10 bits per heavy atom. The van der Waals surface area contributed by atoms with E-state index in [1.54, 1.807) is 11.0 Å². The highest BCUT2D eigenvalue weighted by Gasteiger charge is 2.26. The van der Waals surface area contributed by atoms with Crippen LogP contribution in [0.1, 0.15) is 6.42 Å². The van der Waals surface area contributed by atoms with E-state index in [1.165, 1.54) is 12.1 Å². The molecule has 7 heteroatoms. The predicted molar refractivity (Wildman–Crippen MR) is 75.5 cm³/mol. The smallest absolute Gasteiger partial charge is 0.322 e. The summed E-state index contributed by atoms with van der Waals surface area (Å²) in [6, 6.07) is 3.77. The second-order valence-electron chi connectivity index (χ2n) is 4.62. The molecular formula is C13H17ClFN3O2. The summed E-state index contributed by atoms with van der Waals surface area (Å²) >= 11 is 5.60. The van der Waals surface area contributed by atoms with Gasteiger partial charge in [0.15, 0.2) is 0 Å². The van der Waals surface area contributed by atoms with E-state index < -0.39 is 5.82 Å². The Morgan fingerprint density at radius 2 is 2.40 bits per heavy atom. The Morgan fingerprint density at radius 1 is 1.60 bits per heavy atom. The molecule has 1 fully saturated rings. The summed E-state index contributed by atoms with van der Waals surface area (Å²) < 4.78 is 13.3. The van der Waals surface area contributed by atoms with E-state index in [0.29, 0.717) is 31.7 Å². The van der Waals surface area contributed by atoms with Crippen molar-refractivity contribution in [3.8, 4) is 0 Å². The number of amides is 2. The quantitative estimate of drug-likeness (QED) is 0.796. The monoisotopic (exact) mass is 301 g/mol. The van der Waals surface area contributed by atoms with Gasteiger partial charge in [0.1, 0.15) is 5.82 Å². The number of aliphatic hydroxyl groups excluding tert-OH is 1. The Kier molecular flexibility index (Phi) is 5.17. The third-order valence-corrected chi connectivity index (χ3v) is 3.55. The van der Waals surface area contributed by atoms with E-state index in [4.69, 9.17) is 16.7 Å². The Bertz CT molecular complexity index is 485. The molecule has 0 aliphatic carbocycles. The summed E-state index contributed by atoms with van der Waals surface area (Å²) in [5, 5.41) is 14.9. The second-order valence-corrected chi connectivity index (χ2v) is 5.03. The van der Waals surface area contributed by atoms with Crippen molar-refractivity contribution in [1.29, 1.82) is 0 Å². The van der Waals surface area contributed by atoms with Gasteiger partial charge in [0.05, 0.1) is 5.02 Å². The number of carbonyl (C=O) groups excluding carboxylic acids is 1. The lowest BCUT2D eigenvalue weighted by Crippen LogP contribution is -2.55. The van der Waals surface area contributed by atoms with Crippen LogP contribution in [0.4, 0.5) is 14.9 Å². The van der Waals surface area contributed by atoms with Crippen molar-refractivity contribution < 1.29 is 14.3 Å². The van der Waals surface area contributed by atoms with Crippen molar-refractivity contribution in [3.63, 3.8) is 0 Å². The molecule has 0 bridgehead atoms. The number of halogens is 2. The van der Waals surface area contributed by atoms with E-state index in [1.807, 2.05) is 0 Å². The molecule has 1 aromatic carbocycles. The lowest BCUT2D eigenvalue weighted by molar-refractivity contribution is 0.149. The number of anilines is 1. The van der Waals surface area contributed by atoms with Gasteiger partial charge < -0.3 is 20.6 Å². The Labute approximate surface area is 121 Å². The van der Waals surface area contributed by atoms with Crippen LogP contribution in [0.3, 0.4) is 0 Å². The fourth-order valence-corrected chi connectivity index (χ4v) is 2.32. The van der Waals surface area contributed by atoms with Gasteiger partial charge in [-0.25, -0.2) is 9.18 Å². The zero-order chi connectivity index (χ0) is 14.5. The van der Waals surface area contributed by atoms with Crippen LogP contribution in [-0.2, 0) is 0 Å². The first-order valence-corrected chi connectivity index (χ1v) is 6.84. The fourth-order valence-electron chi connectivity index (χ4n) is 2.20. The van der Waals surface area contributed by atoms with Crippen LogP contribution >= 0.6 is 11.6 Å². The molecule has 2 rings (SSSR count). The lowest BCUT2D eigenvalue weighted by atomic mass is 10.1. The van der Waals surface area contributed by atoms with Gasteiger partial charge >= 0.3 is 6.03 Å². The van der Waals surface area contributed by atoms with Crippen molar-refractivity contribution in [2.75, 3.05) is 31.6 Å². The summed E-state index contributed by atoms with van der Waals surface area (Å²) in [7, 11) is 0. The van der Waals surface area contributed by atoms with E-state index in [0.717, 1.165) is 0 Å². The second kappa shape index (κ2) is 6.88. The molecule has 1 saturated heterocycles. The summed E-state index contributed by atoms with van der Waals surface area (Å²) in [6.07, 6.45) is 0.509. The molecule has 0 aromatic heterocycles. The molecule has 5 nitrogen and oxygen atoms in total. The summed E-state index contributed by atoms with van der Waals surface area (Å²) in [5.74, 6) is -0.573. The summed E-state index contributed by atoms with van der Waals surface area (Å²) in [4.78, 5) is 13.9. The number of nitrogens with one attached hydrogen (secondary N) is 2. The first-order valence-electron chi connectivity index (χ1n) is 6.46. The van der Waals surface area contributed by atoms with Crippen LogP contribution < -0.4 is 10.6 Å². The minimum Gasteiger partial charge on any atom is -0.396 e. The van der Waals surface area contributed by atoms with Gasteiger partial charge in [-0.15, -0.1) is 0 Å². The highest BCUT2D eigenvalue weighted by molar-refractivity contribution is 6.30. The number of aliphatic hydroxyl groups is 1. The Balaban J connectivity index is 2.03. The number of urea groups is 1. The van der Waals surface area contributed by atoms with Crippen LogP contribution in [0.25, 0.3) is 0 Å². The van der Waals surface area contributed by atoms with Crippen molar-refractivity contribution in [2.45, 2.75) is 12.5 Å². The van der Waals surface area contributed by atoms with Crippen LogP contribution in [0, 0.1) is 5.82 Å². The summed E-state index contributed by atoms with van der Waals surface area (Å²) in [5.41, 5.74) is 0.359. The number of benzene rings is 1. The number of nitrogens with zero attached hydrogens (tertiary/aromatic N) is 1. The highest BCUT2D eigenvalue weighted by Crippen LogP contribution is 2.19. The molecule has 1 aliphatic rings. The number of piperazine rings is 1. The van der Waals surface area contributed by atoms with E-state index in [2.05, 4.69) is 10.6 Å². The maximum absolute atomic E-state index is 13.3. The van der Waals surface area contributed by atoms with Gasteiger partial charge in [-0.2, -0.15) is 0 Å². The van der Waals surface area contributed by atoms with Crippen molar-refractivity contribution in [1.82, 2.24) is 10.2 Å². The number of carbonyl (C=O) groups is 1. The summed E-state index contributed by atoms with van der Waals surface area (Å²) in [6.45, 7) is 1.91. The zero-order valence-electron chi connectivity index (χ0n) is 10.9. The number of rotatable bonds is 3. The standard InChI is InChI=1S/C13H17ClFN3O2/c14-11-2-1-9(7-12(11)15)17-13(20)18-5-4-16-8-10(18)3-6-19/h1-2,7,10,16,19H,3-6,8H2,(H,17,20). The molecule has 3 N–H and O–H groups in total. The molecule has 2 amide bonds. The van der Waals surface area contributed by atoms with Gasteiger partial charge in [0.25, 0.3) is 0 Å². The third-order valence-electron chi connectivity index (χ3n) is 3.24. The van der Waals surface area contributed by atoms with Gasteiger partial charge in [-0.05, 0) is 24.6 Å². The van der Waals surface area contributed by atoms with Gasteiger partial charge in [-0.1, -0.05) is 11.6 Å². The van der Waals surface area contributed by atoms with Gasteiger partial charge in [-0.3, -0.25) is 0 Å². The Hall–Kier alpha value is -1.37. The highest BCUT2D eigenvalue weighted by atomic mass is 35.5. The third kappa shape index (κ3) is 3.59. The molecule has 1 heterocycles. The fraction of sp³-hybridized carbons (Fsp3) is 0.462. The van der Waals surface area contributed by atoms with E-state index in [9.17, 15) is 9.18 Å². The maximum atomic E-state index is 13.3. The number of hydrogen-bond donors (Lipinski definition) is 3. The average molecular weight is 302 g/mol. The molecule has 0 spiro atoms. The first kappa shape index (κ1) is 15.0. The van der Waals surface area contributed by atoms with E-state index >= 15 is 0 Å². The van der Waals surface area contributed by atoms with Crippen molar-refractivity contribution in [2.24, 2.45) is 0 Å². The minimum absolute atomic E-state index is 0.0170. The topological polar surface area (TPSA) is 64.6 Å². The molecular weight excluding hydrogens is 285 g/mol. The molecule has 1 atom stereocenters. The van der Waals surface area contributed by atoms with Crippen LogP contribution in [0.5, 0.6) is 0 Å². The van der Waals surface area contributed by atoms with Gasteiger partial charge in [0.2, 0.25) is 0 Å². The maximum Gasteiger partial charge on any atom is 0.322 e. The largest absolute Gasteiger partial charge is 0.396 e. The normalized spacial score (nSPS) is 18.9. The molecule has 1 aliphatic heterocycles. The van der Waals surface area contributed by atoms with Crippen molar-refractivity contribution in [3.05, 3.63) is 29.0 Å². The van der Waals surface area contributed by atoms with Crippen LogP contribution in [0.2, 0.25) is 5.02 Å². The van der Waals surface area contributed by atoms with Gasteiger partial charge in [0, 0.05) is 38.0 Å². The molecule has 1 unspecified atom stereocenters. The molecule has 0 saturated carbocycles. The molecule has 110 valence electrons. The first-order chi connectivity index (χ1) is 9.61. The minimum atomic E-state index is -0.573. The molecule has 1 aromatic rings. The van der Waals surface area contributed by atoms with E-state index in [-0.39, 0.29) is 23.7 Å². The molecule has 0 radical (unpaired) electrons. The zero-order valence-corrected chi connectivity index (χ0v) is 11.7. The van der Waals surface area contributed by atoms with Crippen LogP contribution in [0.15, 0.2) is 18.2 Å². The lowest BCUT2D eigenvalue weighted by Gasteiger charge is -2.35. The molecule has 20 heavy (non-hydrogen) atoms. The van der Waals surface area contributed by atoms with Crippen molar-refractivity contribution >= 4 is 23.3 Å². The average Bonchev–Trinajstić information content (AvgIpc) is 2.44. The SMILES string of the molecule is O=C(Nc1ccc(Cl)c(F)c1)N1CCNCC1CCO.